The van der Waals surface area contributed by atoms with E-state index in [1.807, 2.05) is 6.92 Å². The number of aromatic nitrogens is 2. The van der Waals surface area contributed by atoms with Gasteiger partial charge in [-0.15, -0.1) is 0 Å². The molecule has 0 amide bonds. The molecule has 2 rings (SSSR count). The van der Waals surface area contributed by atoms with Crippen molar-refractivity contribution in [3.05, 3.63) is 46.4 Å². The molecule has 0 aliphatic carbocycles. The van der Waals surface area contributed by atoms with Crippen LogP contribution in [0.5, 0.6) is 0 Å². The van der Waals surface area contributed by atoms with E-state index in [0.717, 1.165) is 11.3 Å². The summed E-state index contributed by atoms with van der Waals surface area (Å²) in [4.78, 5) is 8.01. The van der Waals surface area contributed by atoms with Crippen molar-refractivity contribution in [1.82, 2.24) is 9.97 Å². The number of aryl methyl sites for hydroxylation is 1. The van der Waals surface area contributed by atoms with Gasteiger partial charge in [0.05, 0.1) is 5.02 Å². The summed E-state index contributed by atoms with van der Waals surface area (Å²) in [5.41, 5.74) is 7.18. The fourth-order valence-corrected chi connectivity index (χ4v) is 1.73. The molecule has 0 saturated heterocycles. The first-order valence-corrected chi connectivity index (χ1v) is 5.71. The molecule has 0 spiro atoms. The molecule has 0 unspecified atom stereocenters. The lowest BCUT2D eigenvalue weighted by Crippen LogP contribution is -2.05. The van der Waals surface area contributed by atoms with Gasteiger partial charge in [0.25, 0.3) is 0 Å². The van der Waals surface area contributed by atoms with Gasteiger partial charge in [-0.05, 0) is 24.6 Å². The lowest BCUT2D eigenvalue weighted by atomic mass is 10.2. The molecule has 18 heavy (non-hydrogen) atoms. The van der Waals surface area contributed by atoms with Crippen molar-refractivity contribution < 1.29 is 4.39 Å². The highest BCUT2D eigenvalue weighted by atomic mass is 35.5. The second kappa shape index (κ2) is 5.18. The van der Waals surface area contributed by atoms with Gasteiger partial charge in [0.2, 0.25) is 5.95 Å². The number of anilines is 2. The number of halogens is 2. The molecule has 0 atom stereocenters. The fraction of sp³-hybridized carbons (Fsp3) is 0.167. The molecule has 3 N–H and O–H groups in total. The highest BCUT2D eigenvalue weighted by Gasteiger charge is 2.02. The van der Waals surface area contributed by atoms with E-state index < -0.39 is 5.82 Å². The first-order valence-electron chi connectivity index (χ1n) is 5.33. The van der Waals surface area contributed by atoms with E-state index in [4.69, 9.17) is 17.3 Å². The van der Waals surface area contributed by atoms with E-state index in [0.29, 0.717) is 12.4 Å². The third kappa shape index (κ3) is 3.07. The molecule has 0 saturated carbocycles. The maximum Gasteiger partial charge on any atom is 0.222 e. The van der Waals surface area contributed by atoms with Gasteiger partial charge >= 0.3 is 0 Å². The molecule has 2 aromatic rings. The van der Waals surface area contributed by atoms with Crippen molar-refractivity contribution in [2.24, 2.45) is 0 Å². The van der Waals surface area contributed by atoms with Crippen molar-refractivity contribution in [3.8, 4) is 0 Å². The summed E-state index contributed by atoms with van der Waals surface area (Å²) in [7, 11) is 0. The van der Waals surface area contributed by atoms with Gasteiger partial charge in [0.1, 0.15) is 11.6 Å². The molecular weight excluding hydrogens is 255 g/mol. The van der Waals surface area contributed by atoms with Crippen LogP contribution in [0.1, 0.15) is 11.3 Å². The Kier molecular flexibility index (Phi) is 3.62. The zero-order chi connectivity index (χ0) is 13.1. The van der Waals surface area contributed by atoms with Crippen molar-refractivity contribution >= 4 is 23.4 Å². The molecule has 1 aromatic heterocycles. The highest BCUT2D eigenvalue weighted by molar-refractivity contribution is 6.30. The van der Waals surface area contributed by atoms with Crippen molar-refractivity contribution in [2.45, 2.75) is 13.5 Å². The van der Waals surface area contributed by atoms with Crippen LogP contribution in [0, 0.1) is 12.7 Å². The van der Waals surface area contributed by atoms with E-state index in [1.54, 1.807) is 18.2 Å². The fourth-order valence-electron chi connectivity index (χ4n) is 1.52. The number of nitrogens with one attached hydrogen (secondary N) is 1. The summed E-state index contributed by atoms with van der Waals surface area (Å²) in [5.74, 6) is 0.414. The molecule has 0 radical (unpaired) electrons. The zero-order valence-electron chi connectivity index (χ0n) is 9.74. The molecular formula is C12H12ClFN4. The van der Waals surface area contributed by atoms with Gasteiger partial charge < -0.3 is 11.1 Å². The number of hydrogen-bond acceptors (Lipinski definition) is 4. The van der Waals surface area contributed by atoms with E-state index in [2.05, 4.69) is 15.3 Å². The highest BCUT2D eigenvalue weighted by Crippen LogP contribution is 2.17. The van der Waals surface area contributed by atoms with Gasteiger partial charge in [0.15, 0.2) is 0 Å². The Bertz CT molecular complexity index is 554. The topological polar surface area (TPSA) is 63.8 Å². The number of nitrogen functional groups attached to an aromatic ring is 1. The maximum atomic E-state index is 13.0. The number of nitrogens with zero attached hydrogens (tertiary/aromatic N) is 2. The third-order valence-corrected chi connectivity index (χ3v) is 2.62. The van der Waals surface area contributed by atoms with Crippen LogP contribution < -0.4 is 11.1 Å². The Labute approximate surface area is 109 Å². The van der Waals surface area contributed by atoms with Crippen molar-refractivity contribution in [1.29, 1.82) is 0 Å². The number of rotatable bonds is 3. The van der Waals surface area contributed by atoms with Crippen LogP contribution in [0.3, 0.4) is 0 Å². The normalized spacial score (nSPS) is 10.4. The molecule has 4 nitrogen and oxygen atoms in total. The van der Waals surface area contributed by atoms with E-state index >= 15 is 0 Å². The predicted octanol–water partition coefficient (Wildman–Crippen LogP) is 2.77. The minimum atomic E-state index is -0.428. The molecule has 1 aromatic carbocycles. The minimum absolute atomic E-state index is 0.104. The molecule has 1 heterocycles. The van der Waals surface area contributed by atoms with Crippen LogP contribution in [0.15, 0.2) is 24.3 Å². The smallest absolute Gasteiger partial charge is 0.222 e. The van der Waals surface area contributed by atoms with Crippen LogP contribution >= 0.6 is 11.6 Å². The van der Waals surface area contributed by atoms with Crippen LogP contribution in [0.25, 0.3) is 0 Å². The lowest BCUT2D eigenvalue weighted by molar-refractivity contribution is 0.627. The zero-order valence-corrected chi connectivity index (χ0v) is 10.5. The second-order valence-corrected chi connectivity index (χ2v) is 4.26. The first-order chi connectivity index (χ1) is 8.54. The Morgan fingerprint density at radius 2 is 2.11 bits per heavy atom. The Balaban J connectivity index is 2.08. The summed E-state index contributed by atoms with van der Waals surface area (Å²) < 4.78 is 13.0. The van der Waals surface area contributed by atoms with Crippen molar-refractivity contribution in [2.75, 3.05) is 11.1 Å². The Morgan fingerprint density at radius 1 is 1.33 bits per heavy atom. The quantitative estimate of drug-likeness (QED) is 0.897. The number of benzene rings is 1. The average Bonchev–Trinajstić information content (AvgIpc) is 2.29. The first kappa shape index (κ1) is 12.6. The van der Waals surface area contributed by atoms with Gasteiger partial charge in [0, 0.05) is 18.3 Å². The average molecular weight is 267 g/mol. The maximum absolute atomic E-state index is 13.0. The van der Waals surface area contributed by atoms with Gasteiger partial charge in [-0.25, -0.2) is 9.37 Å². The van der Waals surface area contributed by atoms with Gasteiger partial charge in [-0.2, -0.15) is 4.98 Å². The molecule has 0 aliphatic heterocycles. The van der Waals surface area contributed by atoms with Crippen LogP contribution in [0.4, 0.5) is 16.2 Å². The van der Waals surface area contributed by atoms with Crippen LogP contribution in [-0.2, 0) is 6.54 Å². The monoisotopic (exact) mass is 266 g/mol. The van der Waals surface area contributed by atoms with E-state index in [1.165, 1.54) is 6.07 Å². The molecule has 0 fully saturated rings. The summed E-state index contributed by atoms with van der Waals surface area (Å²) in [6, 6.07) is 6.34. The van der Waals surface area contributed by atoms with E-state index in [9.17, 15) is 4.39 Å². The van der Waals surface area contributed by atoms with Crippen molar-refractivity contribution in [3.63, 3.8) is 0 Å². The third-order valence-electron chi connectivity index (χ3n) is 2.33. The molecule has 94 valence electrons. The molecule has 0 bridgehead atoms. The minimum Gasteiger partial charge on any atom is -0.368 e. The predicted molar refractivity (Wildman–Crippen MR) is 69.9 cm³/mol. The molecule has 6 heteroatoms. The Hall–Kier alpha value is -1.88. The SMILES string of the molecule is Cc1cc(NCc2ccc(F)c(Cl)c2)nc(N)n1. The van der Waals surface area contributed by atoms with E-state index in [-0.39, 0.29) is 11.0 Å². The largest absolute Gasteiger partial charge is 0.368 e. The number of nitrogens with two attached hydrogens (primary N) is 1. The number of hydrogen-bond donors (Lipinski definition) is 2. The lowest BCUT2D eigenvalue weighted by Gasteiger charge is -2.07. The standard InChI is InChI=1S/C12H12ClFN4/c1-7-4-11(18-12(15)17-7)16-6-8-2-3-10(14)9(13)5-8/h2-5H,6H2,1H3,(H3,15,16,17,18). The van der Waals surface area contributed by atoms with Gasteiger partial charge in [-0.3, -0.25) is 0 Å². The second-order valence-electron chi connectivity index (χ2n) is 3.85. The summed E-state index contributed by atoms with van der Waals surface area (Å²) >= 11 is 5.70. The molecule has 0 aliphatic rings. The summed E-state index contributed by atoms with van der Waals surface area (Å²) in [5, 5.41) is 3.18. The van der Waals surface area contributed by atoms with Crippen LogP contribution in [-0.4, -0.2) is 9.97 Å². The Morgan fingerprint density at radius 3 is 2.78 bits per heavy atom. The van der Waals surface area contributed by atoms with Gasteiger partial charge in [-0.1, -0.05) is 17.7 Å². The summed E-state index contributed by atoms with van der Waals surface area (Å²) in [6.07, 6.45) is 0. The van der Waals surface area contributed by atoms with Crippen LogP contribution in [0.2, 0.25) is 5.02 Å². The summed E-state index contributed by atoms with van der Waals surface area (Å²) in [6.45, 7) is 2.31.